The predicted molar refractivity (Wildman–Crippen MR) is 83.0 cm³/mol. The number of hydrogen-bond donors (Lipinski definition) is 2. The van der Waals surface area contributed by atoms with Gasteiger partial charge in [0, 0.05) is 22.9 Å². The van der Waals surface area contributed by atoms with Gasteiger partial charge in [0.2, 0.25) is 0 Å². The molecule has 2 N–H and O–H groups in total. The van der Waals surface area contributed by atoms with E-state index in [-0.39, 0.29) is 12.5 Å². The number of thiazole rings is 1. The maximum absolute atomic E-state index is 12.2. The molecule has 0 saturated carbocycles. The molecule has 1 heterocycles. The summed E-state index contributed by atoms with van der Waals surface area (Å²) in [5.74, 6) is 5.67. The van der Waals surface area contributed by atoms with E-state index < -0.39 is 0 Å². The van der Waals surface area contributed by atoms with Crippen molar-refractivity contribution in [3.63, 3.8) is 0 Å². The summed E-state index contributed by atoms with van der Waals surface area (Å²) < 4.78 is 0. The summed E-state index contributed by atoms with van der Waals surface area (Å²) in [5, 5.41) is 13.5. The topological polar surface area (TPSA) is 62.2 Å². The number of rotatable bonds is 4. The Morgan fingerprint density at radius 2 is 2.29 bits per heavy atom. The van der Waals surface area contributed by atoms with E-state index in [1.165, 1.54) is 11.3 Å². The molecule has 0 spiro atoms. The van der Waals surface area contributed by atoms with Crippen molar-refractivity contribution in [1.29, 1.82) is 0 Å². The number of aryl methyl sites for hydroxylation is 1. The molecule has 1 aromatic carbocycles. The van der Waals surface area contributed by atoms with Gasteiger partial charge in [-0.15, -0.1) is 11.3 Å². The minimum atomic E-state index is -0.142. The number of hydrogen-bond acceptors (Lipinski definition) is 4. The number of nitrogens with one attached hydrogen (secondary N) is 1. The molecule has 2 rings (SSSR count). The smallest absolute Gasteiger partial charge is 0.251 e. The van der Waals surface area contributed by atoms with Crippen LogP contribution in [0.4, 0.5) is 0 Å². The summed E-state index contributed by atoms with van der Waals surface area (Å²) >= 11 is 1.50. The molecule has 0 atom stereocenters. The summed E-state index contributed by atoms with van der Waals surface area (Å²) in [5.41, 5.74) is 4.93. The largest absolute Gasteiger partial charge is 0.395 e. The van der Waals surface area contributed by atoms with E-state index in [2.05, 4.69) is 22.1 Å². The van der Waals surface area contributed by atoms with Crippen LogP contribution in [0.3, 0.4) is 0 Å². The molecule has 108 valence electrons. The van der Waals surface area contributed by atoms with Crippen LogP contribution in [0.1, 0.15) is 33.6 Å². The van der Waals surface area contributed by atoms with Crippen LogP contribution in [0.15, 0.2) is 29.1 Å². The van der Waals surface area contributed by atoms with Crippen molar-refractivity contribution in [2.24, 2.45) is 0 Å². The van der Waals surface area contributed by atoms with E-state index in [0.29, 0.717) is 18.5 Å². The van der Waals surface area contributed by atoms with Crippen molar-refractivity contribution < 1.29 is 9.90 Å². The summed E-state index contributed by atoms with van der Waals surface area (Å²) in [6, 6.07) is 5.50. The third-order valence-corrected chi connectivity index (χ3v) is 3.36. The maximum Gasteiger partial charge on any atom is 0.251 e. The Morgan fingerprint density at radius 1 is 1.43 bits per heavy atom. The third-order valence-electron chi connectivity index (χ3n) is 2.72. The molecule has 21 heavy (non-hydrogen) atoms. The van der Waals surface area contributed by atoms with E-state index >= 15 is 0 Å². The van der Waals surface area contributed by atoms with Crippen LogP contribution in [-0.4, -0.2) is 22.6 Å². The number of amides is 1. The van der Waals surface area contributed by atoms with Crippen molar-refractivity contribution in [3.05, 3.63) is 51.5 Å². The SMILES string of the molecule is Cc1cc(C#CCCO)cc(C(=O)NCc2cscn2)c1. The van der Waals surface area contributed by atoms with Gasteiger partial charge in [-0.05, 0) is 30.7 Å². The molecule has 0 aliphatic carbocycles. The summed E-state index contributed by atoms with van der Waals surface area (Å²) in [4.78, 5) is 16.3. The zero-order valence-electron chi connectivity index (χ0n) is 11.7. The fourth-order valence-corrected chi connectivity index (χ4v) is 2.36. The fraction of sp³-hybridized carbons (Fsp3) is 0.250. The van der Waals surface area contributed by atoms with Gasteiger partial charge in [-0.25, -0.2) is 4.98 Å². The second-order valence-electron chi connectivity index (χ2n) is 4.53. The molecule has 0 radical (unpaired) electrons. The molecule has 2 aromatic rings. The number of aliphatic hydroxyl groups is 1. The van der Waals surface area contributed by atoms with E-state index in [9.17, 15) is 4.79 Å². The second-order valence-corrected chi connectivity index (χ2v) is 5.24. The average molecular weight is 300 g/mol. The van der Waals surface area contributed by atoms with Crippen LogP contribution >= 0.6 is 11.3 Å². The van der Waals surface area contributed by atoms with Gasteiger partial charge in [0.1, 0.15) is 0 Å². The van der Waals surface area contributed by atoms with Gasteiger partial charge >= 0.3 is 0 Å². The molecule has 1 aromatic heterocycles. The highest BCUT2D eigenvalue weighted by Gasteiger charge is 2.07. The first-order valence-electron chi connectivity index (χ1n) is 6.55. The molecule has 1 amide bonds. The van der Waals surface area contributed by atoms with Gasteiger partial charge in [-0.1, -0.05) is 11.8 Å². The first-order chi connectivity index (χ1) is 10.2. The number of aliphatic hydroxyl groups excluding tert-OH is 1. The lowest BCUT2D eigenvalue weighted by Crippen LogP contribution is -2.23. The zero-order valence-corrected chi connectivity index (χ0v) is 12.5. The Hall–Kier alpha value is -2.16. The van der Waals surface area contributed by atoms with Crippen molar-refractivity contribution in [1.82, 2.24) is 10.3 Å². The predicted octanol–water partition coefficient (Wildman–Crippen LogP) is 2.12. The van der Waals surface area contributed by atoms with E-state index in [1.807, 2.05) is 24.4 Å². The Morgan fingerprint density at radius 3 is 3.00 bits per heavy atom. The van der Waals surface area contributed by atoms with E-state index in [1.54, 1.807) is 11.6 Å². The molecular formula is C16H16N2O2S. The number of carbonyl (C=O) groups is 1. The van der Waals surface area contributed by atoms with Crippen molar-refractivity contribution in [2.75, 3.05) is 6.61 Å². The van der Waals surface area contributed by atoms with Crippen LogP contribution < -0.4 is 5.32 Å². The first-order valence-corrected chi connectivity index (χ1v) is 7.50. The number of benzene rings is 1. The van der Waals surface area contributed by atoms with Crippen LogP contribution in [0.2, 0.25) is 0 Å². The lowest BCUT2D eigenvalue weighted by atomic mass is 10.1. The van der Waals surface area contributed by atoms with Gasteiger partial charge in [-0.2, -0.15) is 0 Å². The molecule has 0 fully saturated rings. The van der Waals surface area contributed by atoms with Gasteiger partial charge < -0.3 is 10.4 Å². The van der Waals surface area contributed by atoms with Crippen LogP contribution in [0.25, 0.3) is 0 Å². The maximum atomic E-state index is 12.2. The Kier molecular flexibility index (Phi) is 5.50. The average Bonchev–Trinajstić information content (AvgIpc) is 2.98. The van der Waals surface area contributed by atoms with Gasteiger partial charge in [0.15, 0.2) is 0 Å². The molecule has 0 saturated heterocycles. The second kappa shape index (κ2) is 7.58. The standard InChI is InChI=1S/C16H16N2O2S/c1-12-6-13(4-2-3-5-19)8-14(7-12)16(20)17-9-15-10-21-11-18-15/h6-8,10-11,19H,3,5,9H2,1H3,(H,17,20). The molecule has 0 bridgehead atoms. The van der Waals surface area contributed by atoms with E-state index in [0.717, 1.165) is 16.8 Å². The molecule has 0 aliphatic heterocycles. The number of aromatic nitrogens is 1. The summed E-state index contributed by atoms with van der Waals surface area (Å²) in [7, 11) is 0. The van der Waals surface area contributed by atoms with Gasteiger partial charge in [0.25, 0.3) is 5.91 Å². The Bertz CT molecular complexity index is 669. The Labute approximate surface area is 127 Å². The highest BCUT2D eigenvalue weighted by molar-refractivity contribution is 7.07. The fourth-order valence-electron chi connectivity index (χ4n) is 1.80. The highest BCUT2D eigenvalue weighted by atomic mass is 32.1. The van der Waals surface area contributed by atoms with Crippen LogP contribution in [0.5, 0.6) is 0 Å². The van der Waals surface area contributed by atoms with Crippen molar-refractivity contribution in [2.45, 2.75) is 19.9 Å². The lowest BCUT2D eigenvalue weighted by Gasteiger charge is -2.05. The number of carbonyl (C=O) groups excluding carboxylic acids is 1. The van der Waals surface area contributed by atoms with Crippen LogP contribution in [-0.2, 0) is 6.54 Å². The quantitative estimate of drug-likeness (QED) is 0.850. The van der Waals surface area contributed by atoms with Gasteiger partial charge in [-0.3, -0.25) is 4.79 Å². The molecule has 0 aliphatic rings. The van der Waals surface area contributed by atoms with Gasteiger partial charge in [0.05, 0.1) is 24.4 Å². The summed E-state index contributed by atoms with van der Waals surface area (Å²) in [6.45, 7) is 2.38. The number of nitrogens with zero attached hydrogens (tertiary/aromatic N) is 1. The molecule has 5 heteroatoms. The van der Waals surface area contributed by atoms with Crippen molar-refractivity contribution >= 4 is 17.2 Å². The molecular weight excluding hydrogens is 284 g/mol. The van der Waals surface area contributed by atoms with E-state index in [4.69, 9.17) is 5.11 Å². The summed E-state index contributed by atoms with van der Waals surface area (Å²) in [6.07, 6.45) is 0.430. The zero-order chi connectivity index (χ0) is 15.1. The molecule has 4 nitrogen and oxygen atoms in total. The highest BCUT2D eigenvalue weighted by Crippen LogP contribution is 2.10. The minimum absolute atomic E-state index is 0.0415. The third kappa shape index (κ3) is 4.71. The molecule has 0 unspecified atom stereocenters. The minimum Gasteiger partial charge on any atom is -0.395 e. The monoisotopic (exact) mass is 300 g/mol. The lowest BCUT2D eigenvalue weighted by molar-refractivity contribution is 0.0950. The van der Waals surface area contributed by atoms with Crippen molar-refractivity contribution in [3.8, 4) is 11.8 Å². The van der Waals surface area contributed by atoms with Crippen LogP contribution in [0, 0.1) is 18.8 Å². The normalized spacial score (nSPS) is 9.81. The Balaban J connectivity index is 2.08. The first kappa shape index (κ1) is 15.2.